The highest BCUT2D eigenvalue weighted by Gasteiger charge is 2.25. The lowest BCUT2D eigenvalue weighted by Crippen LogP contribution is -2.02. The number of benzene rings is 2. The molecule has 0 unspecified atom stereocenters. The van der Waals surface area contributed by atoms with Gasteiger partial charge in [0.15, 0.2) is 5.78 Å². The van der Waals surface area contributed by atoms with Crippen molar-refractivity contribution in [3.05, 3.63) is 64.2 Å². The summed E-state index contributed by atoms with van der Waals surface area (Å²) in [6.07, 6.45) is 11.5. The molecule has 2 aromatic rings. The molecule has 2 aromatic carbocycles. The molecular formula is C29H37NO. The molecule has 0 bridgehead atoms. The van der Waals surface area contributed by atoms with Crippen molar-refractivity contribution >= 4 is 17.6 Å². The first kappa shape index (κ1) is 23.2. The highest BCUT2D eigenvalue weighted by molar-refractivity contribution is 6.03. The molecule has 3 rings (SSSR count). The van der Waals surface area contributed by atoms with Crippen molar-refractivity contribution in [3.8, 4) is 11.1 Å². The van der Waals surface area contributed by atoms with Crippen LogP contribution in [0.4, 0.5) is 0 Å². The Morgan fingerprint density at radius 2 is 1.87 bits per heavy atom. The number of nitrogens with zero attached hydrogens (tertiary/aromatic N) is 1. The fraction of sp³-hybridized carbons (Fsp3) is 0.448. The van der Waals surface area contributed by atoms with Crippen LogP contribution in [-0.2, 0) is 12.8 Å². The van der Waals surface area contributed by atoms with E-state index in [4.69, 9.17) is 0 Å². The smallest absolute Gasteiger partial charge is 0.163 e. The number of rotatable bonds is 9. The van der Waals surface area contributed by atoms with Crippen molar-refractivity contribution in [3.63, 3.8) is 0 Å². The number of hydrogen-bond acceptors (Lipinski definition) is 2. The molecule has 2 heteroatoms. The first-order valence-corrected chi connectivity index (χ1v) is 11.9. The van der Waals surface area contributed by atoms with Crippen LogP contribution in [0.25, 0.3) is 16.7 Å². The Bertz CT molecular complexity index is 992. The molecule has 0 fully saturated rings. The molecule has 0 saturated heterocycles. The maximum atomic E-state index is 12.5. The van der Waals surface area contributed by atoms with E-state index in [-0.39, 0.29) is 0 Å². The Hall–Kier alpha value is -2.48. The van der Waals surface area contributed by atoms with Crippen LogP contribution < -0.4 is 0 Å². The number of carbonyl (C=O) groups is 1. The summed E-state index contributed by atoms with van der Waals surface area (Å²) in [4.78, 5) is 16.6. The summed E-state index contributed by atoms with van der Waals surface area (Å²) in [6, 6.07) is 11.0. The highest BCUT2D eigenvalue weighted by Crippen LogP contribution is 2.39. The second-order valence-electron chi connectivity index (χ2n) is 8.91. The maximum Gasteiger partial charge on any atom is 0.163 e. The largest absolute Gasteiger partial charge is 0.297 e. The second kappa shape index (κ2) is 10.7. The molecule has 0 saturated carbocycles. The molecule has 0 radical (unpaired) electrons. The van der Waals surface area contributed by atoms with E-state index in [0.29, 0.717) is 12.2 Å². The topological polar surface area (TPSA) is 29.4 Å². The third kappa shape index (κ3) is 5.23. The fourth-order valence-corrected chi connectivity index (χ4v) is 4.83. The van der Waals surface area contributed by atoms with Gasteiger partial charge in [0.2, 0.25) is 0 Å². The predicted octanol–water partition coefficient (Wildman–Crippen LogP) is 7.65. The molecule has 2 nitrogen and oxygen atoms in total. The van der Waals surface area contributed by atoms with Crippen molar-refractivity contribution in [1.82, 2.24) is 0 Å². The summed E-state index contributed by atoms with van der Waals surface area (Å²) in [5.74, 6) is 1.11. The molecule has 0 spiro atoms. The maximum absolute atomic E-state index is 12.5. The number of aryl methyl sites for hydroxylation is 2. The first-order chi connectivity index (χ1) is 15.0. The Balaban J connectivity index is 2.06. The second-order valence-corrected chi connectivity index (χ2v) is 8.91. The van der Waals surface area contributed by atoms with E-state index in [9.17, 15) is 4.79 Å². The van der Waals surface area contributed by atoms with Crippen LogP contribution in [0.2, 0.25) is 0 Å². The zero-order chi connectivity index (χ0) is 22.4. The van der Waals surface area contributed by atoms with Gasteiger partial charge in [-0.05, 0) is 90.1 Å². The number of carbonyl (C=O) groups excluding carboxylic acids is 1. The fourth-order valence-electron chi connectivity index (χ4n) is 4.83. The molecule has 1 aliphatic rings. The third-order valence-electron chi connectivity index (χ3n) is 6.95. The van der Waals surface area contributed by atoms with Crippen LogP contribution in [0.5, 0.6) is 0 Å². The standard InChI is InChI=1S/C29H37NO/c1-6-22(7-2)9-8-10-23-13-14-25-26(15-16-28(25)31)29(23)27-19-24(12-11-21(27)4)20(3)17-18-30-5/h11-14,17-19,22H,6-10,15-16H2,1-5H3/b20-17+,30-18?. The molecule has 0 atom stereocenters. The monoisotopic (exact) mass is 415 g/mol. The van der Waals surface area contributed by atoms with E-state index < -0.39 is 0 Å². The number of allylic oxidation sites excluding steroid dienone is 2. The van der Waals surface area contributed by atoms with E-state index in [2.05, 4.69) is 69.1 Å². The summed E-state index contributed by atoms with van der Waals surface area (Å²) >= 11 is 0. The summed E-state index contributed by atoms with van der Waals surface area (Å²) < 4.78 is 0. The van der Waals surface area contributed by atoms with Gasteiger partial charge in [0.1, 0.15) is 0 Å². The van der Waals surface area contributed by atoms with E-state index in [0.717, 1.165) is 24.3 Å². The molecule has 0 aliphatic heterocycles. The van der Waals surface area contributed by atoms with E-state index >= 15 is 0 Å². The van der Waals surface area contributed by atoms with E-state index in [1.54, 1.807) is 7.05 Å². The Kier molecular flexibility index (Phi) is 8.01. The van der Waals surface area contributed by atoms with Gasteiger partial charge >= 0.3 is 0 Å². The van der Waals surface area contributed by atoms with Crippen LogP contribution in [0.1, 0.15) is 85.5 Å². The Labute approximate surface area is 188 Å². The first-order valence-electron chi connectivity index (χ1n) is 11.9. The van der Waals surface area contributed by atoms with Crippen LogP contribution in [0.15, 0.2) is 41.4 Å². The van der Waals surface area contributed by atoms with Gasteiger partial charge in [-0.1, -0.05) is 57.4 Å². The van der Waals surface area contributed by atoms with Gasteiger partial charge in [0, 0.05) is 25.2 Å². The lowest BCUT2D eigenvalue weighted by molar-refractivity contribution is 0.0994. The van der Waals surface area contributed by atoms with Crippen molar-refractivity contribution < 1.29 is 4.79 Å². The van der Waals surface area contributed by atoms with E-state index in [1.165, 1.54) is 64.6 Å². The molecule has 0 heterocycles. The van der Waals surface area contributed by atoms with Crippen LogP contribution in [0.3, 0.4) is 0 Å². The summed E-state index contributed by atoms with van der Waals surface area (Å²) in [6.45, 7) is 8.92. The molecular weight excluding hydrogens is 378 g/mol. The predicted molar refractivity (Wildman–Crippen MR) is 134 cm³/mol. The van der Waals surface area contributed by atoms with Crippen molar-refractivity contribution in [1.29, 1.82) is 0 Å². The highest BCUT2D eigenvalue weighted by atomic mass is 16.1. The van der Waals surface area contributed by atoms with Gasteiger partial charge in [0.05, 0.1) is 0 Å². The van der Waals surface area contributed by atoms with Crippen molar-refractivity contribution in [2.45, 2.75) is 72.6 Å². The molecule has 0 aromatic heterocycles. The number of hydrogen-bond donors (Lipinski definition) is 0. The van der Waals surface area contributed by atoms with Gasteiger partial charge in [0.25, 0.3) is 0 Å². The normalized spacial score (nSPS) is 14.1. The van der Waals surface area contributed by atoms with Crippen molar-refractivity contribution in [2.24, 2.45) is 10.9 Å². The van der Waals surface area contributed by atoms with Crippen molar-refractivity contribution in [2.75, 3.05) is 7.05 Å². The zero-order valence-corrected chi connectivity index (χ0v) is 19.9. The van der Waals surface area contributed by atoms with Crippen LogP contribution in [0, 0.1) is 12.8 Å². The van der Waals surface area contributed by atoms with Crippen LogP contribution >= 0.6 is 0 Å². The molecule has 0 amide bonds. The average Bonchev–Trinajstić information content (AvgIpc) is 3.16. The van der Waals surface area contributed by atoms with Gasteiger partial charge < -0.3 is 0 Å². The SMILES string of the molecule is CCC(CC)CCCc1ccc2c(c1-c1cc(/C(C)=C/C=NC)ccc1C)CCC2=O. The van der Waals surface area contributed by atoms with Crippen LogP contribution in [-0.4, -0.2) is 19.0 Å². The minimum absolute atomic E-state index is 0.295. The molecule has 164 valence electrons. The third-order valence-corrected chi connectivity index (χ3v) is 6.95. The number of fused-ring (bicyclic) bond motifs is 1. The quantitative estimate of drug-likeness (QED) is 0.387. The Morgan fingerprint density at radius 3 is 2.58 bits per heavy atom. The minimum Gasteiger partial charge on any atom is -0.297 e. The minimum atomic E-state index is 0.295. The molecule has 0 N–H and O–H groups in total. The molecule has 1 aliphatic carbocycles. The zero-order valence-electron chi connectivity index (χ0n) is 19.9. The number of ketones is 1. The summed E-state index contributed by atoms with van der Waals surface area (Å²) in [7, 11) is 1.79. The lowest BCUT2D eigenvalue weighted by Gasteiger charge is -2.19. The van der Waals surface area contributed by atoms with Gasteiger partial charge in [-0.15, -0.1) is 0 Å². The van der Waals surface area contributed by atoms with Gasteiger partial charge in [-0.25, -0.2) is 0 Å². The van der Waals surface area contributed by atoms with Gasteiger partial charge in [-0.3, -0.25) is 9.79 Å². The van der Waals surface area contributed by atoms with E-state index in [1.807, 2.05) is 6.21 Å². The number of aliphatic imine (C=N–C) groups is 1. The number of Topliss-reactive ketones (excluding diaryl/α,β-unsaturated/α-hetero) is 1. The van der Waals surface area contributed by atoms with Gasteiger partial charge in [-0.2, -0.15) is 0 Å². The average molecular weight is 416 g/mol. The molecule has 31 heavy (non-hydrogen) atoms. The summed E-state index contributed by atoms with van der Waals surface area (Å²) in [5, 5.41) is 0. The lowest BCUT2D eigenvalue weighted by atomic mass is 9.85. The Morgan fingerprint density at radius 1 is 1.10 bits per heavy atom. The summed E-state index contributed by atoms with van der Waals surface area (Å²) in [5.41, 5.74) is 9.89.